The number of carboxylic acid groups (broad SMARTS) is 1. The number of fused-ring (bicyclic) bond motifs is 1. The van der Waals surface area contributed by atoms with Gasteiger partial charge in [-0.1, -0.05) is 32.0 Å². The Morgan fingerprint density at radius 1 is 1.25 bits per heavy atom. The summed E-state index contributed by atoms with van der Waals surface area (Å²) in [4.78, 5) is 25.7. The molecule has 24 heavy (non-hydrogen) atoms. The molecule has 0 fully saturated rings. The summed E-state index contributed by atoms with van der Waals surface area (Å²) in [5.41, 5.74) is 2.40. The van der Waals surface area contributed by atoms with Gasteiger partial charge in [0.1, 0.15) is 0 Å². The Morgan fingerprint density at radius 2 is 1.96 bits per heavy atom. The van der Waals surface area contributed by atoms with Gasteiger partial charge < -0.3 is 10.0 Å². The lowest BCUT2D eigenvalue weighted by molar-refractivity contribution is -0.132. The SMILES string of the molecule is CC(C)CC(=O)N1CCc2c(c(C(=O)O)nn2-c2ccccc2)C1. The van der Waals surface area contributed by atoms with E-state index < -0.39 is 5.97 Å². The largest absolute Gasteiger partial charge is 0.476 e. The molecule has 1 amide bonds. The van der Waals surface area contributed by atoms with E-state index in [4.69, 9.17) is 0 Å². The lowest BCUT2D eigenvalue weighted by Gasteiger charge is -2.28. The van der Waals surface area contributed by atoms with E-state index >= 15 is 0 Å². The first-order valence-corrected chi connectivity index (χ1v) is 8.14. The maximum absolute atomic E-state index is 12.3. The van der Waals surface area contributed by atoms with Crippen LogP contribution in [0.5, 0.6) is 0 Å². The highest BCUT2D eigenvalue weighted by Gasteiger charge is 2.30. The molecule has 0 atom stereocenters. The molecule has 0 unspecified atom stereocenters. The van der Waals surface area contributed by atoms with Crippen LogP contribution >= 0.6 is 0 Å². The zero-order valence-corrected chi connectivity index (χ0v) is 13.9. The standard InChI is InChI=1S/C18H21N3O3/c1-12(2)10-16(22)20-9-8-15-14(11-20)17(18(23)24)19-21(15)13-6-4-3-5-7-13/h3-7,12H,8-11H2,1-2H3,(H,23,24). The summed E-state index contributed by atoms with van der Waals surface area (Å²) in [6.45, 7) is 4.91. The van der Waals surface area contributed by atoms with Crippen molar-refractivity contribution in [2.45, 2.75) is 33.2 Å². The Morgan fingerprint density at radius 3 is 2.58 bits per heavy atom. The molecule has 2 aromatic rings. The zero-order chi connectivity index (χ0) is 17.3. The quantitative estimate of drug-likeness (QED) is 0.936. The van der Waals surface area contributed by atoms with Gasteiger partial charge in [0.25, 0.3) is 0 Å². The van der Waals surface area contributed by atoms with Crippen molar-refractivity contribution in [3.8, 4) is 5.69 Å². The van der Waals surface area contributed by atoms with Crippen molar-refractivity contribution < 1.29 is 14.7 Å². The van der Waals surface area contributed by atoms with Crippen LogP contribution in [0.1, 0.15) is 42.0 Å². The topological polar surface area (TPSA) is 75.4 Å². The van der Waals surface area contributed by atoms with Gasteiger partial charge in [-0.3, -0.25) is 4.79 Å². The van der Waals surface area contributed by atoms with Crippen LogP contribution in [0.2, 0.25) is 0 Å². The third-order valence-corrected chi connectivity index (χ3v) is 4.20. The maximum atomic E-state index is 12.3. The highest BCUT2D eigenvalue weighted by molar-refractivity contribution is 5.88. The van der Waals surface area contributed by atoms with E-state index in [-0.39, 0.29) is 17.5 Å². The first kappa shape index (κ1) is 16.2. The number of carboxylic acids is 1. The van der Waals surface area contributed by atoms with Crippen LogP contribution in [-0.2, 0) is 17.8 Å². The third-order valence-electron chi connectivity index (χ3n) is 4.20. The van der Waals surface area contributed by atoms with Crippen LogP contribution in [0.3, 0.4) is 0 Å². The van der Waals surface area contributed by atoms with E-state index in [0.29, 0.717) is 31.5 Å². The molecule has 3 rings (SSSR count). The van der Waals surface area contributed by atoms with Crippen LogP contribution in [0.4, 0.5) is 0 Å². The molecule has 1 N–H and O–H groups in total. The minimum Gasteiger partial charge on any atom is -0.476 e. The number of rotatable bonds is 4. The number of aromatic nitrogens is 2. The fraction of sp³-hybridized carbons (Fsp3) is 0.389. The predicted molar refractivity (Wildman–Crippen MR) is 89.1 cm³/mol. The van der Waals surface area contributed by atoms with Gasteiger partial charge >= 0.3 is 5.97 Å². The maximum Gasteiger partial charge on any atom is 0.356 e. The summed E-state index contributed by atoms with van der Waals surface area (Å²) < 4.78 is 1.70. The van der Waals surface area contributed by atoms with Gasteiger partial charge in [0.05, 0.1) is 11.4 Å². The molecule has 0 saturated heterocycles. The average molecular weight is 327 g/mol. The number of aromatic carboxylic acids is 1. The van der Waals surface area contributed by atoms with Crippen LogP contribution in [0.25, 0.3) is 5.69 Å². The normalized spacial score (nSPS) is 13.9. The van der Waals surface area contributed by atoms with Crippen LogP contribution in [0.15, 0.2) is 30.3 Å². The van der Waals surface area contributed by atoms with E-state index in [1.807, 2.05) is 44.2 Å². The highest BCUT2D eigenvalue weighted by atomic mass is 16.4. The smallest absolute Gasteiger partial charge is 0.356 e. The monoisotopic (exact) mass is 327 g/mol. The van der Waals surface area contributed by atoms with Gasteiger partial charge in [-0.2, -0.15) is 5.10 Å². The first-order chi connectivity index (χ1) is 11.5. The minimum absolute atomic E-state index is 0.0379. The number of hydrogen-bond acceptors (Lipinski definition) is 3. The van der Waals surface area contributed by atoms with Gasteiger partial charge in [0, 0.05) is 31.5 Å². The molecule has 0 spiro atoms. The second kappa shape index (κ2) is 6.47. The summed E-state index contributed by atoms with van der Waals surface area (Å²) in [5, 5.41) is 13.8. The fourth-order valence-corrected chi connectivity index (χ4v) is 3.06. The number of amides is 1. The number of carbonyl (C=O) groups excluding carboxylic acids is 1. The summed E-state index contributed by atoms with van der Waals surface area (Å²) in [7, 11) is 0. The summed E-state index contributed by atoms with van der Waals surface area (Å²) in [6.07, 6.45) is 1.08. The lowest BCUT2D eigenvalue weighted by atomic mass is 10.0. The Bertz CT molecular complexity index is 765. The number of carbonyl (C=O) groups is 2. The Labute approximate surface area is 140 Å². The van der Waals surface area contributed by atoms with Crippen molar-refractivity contribution in [3.05, 3.63) is 47.3 Å². The van der Waals surface area contributed by atoms with Crippen molar-refractivity contribution in [2.24, 2.45) is 5.92 Å². The van der Waals surface area contributed by atoms with Crippen LogP contribution in [-0.4, -0.2) is 38.2 Å². The molecule has 0 radical (unpaired) electrons. The van der Waals surface area contributed by atoms with Crippen molar-refractivity contribution in [1.29, 1.82) is 0 Å². The molecule has 6 nitrogen and oxygen atoms in total. The Hall–Kier alpha value is -2.63. The predicted octanol–water partition coefficient (Wildman–Crippen LogP) is 2.50. The van der Waals surface area contributed by atoms with Gasteiger partial charge in [-0.25, -0.2) is 9.48 Å². The molecule has 0 bridgehead atoms. The second-order valence-corrected chi connectivity index (χ2v) is 6.49. The van der Waals surface area contributed by atoms with Crippen molar-refractivity contribution in [2.75, 3.05) is 6.54 Å². The lowest BCUT2D eigenvalue weighted by Crippen LogP contribution is -2.37. The second-order valence-electron chi connectivity index (χ2n) is 6.49. The van der Waals surface area contributed by atoms with E-state index in [2.05, 4.69) is 5.10 Å². The molecule has 126 valence electrons. The highest BCUT2D eigenvalue weighted by Crippen LogP contribution is 2.26. The zero-order valence-electron chi connectivity index (χ0n) is 13.9. The van der Waals surface area contributed by atoms with Crippen molar-refractivity contribution in [3.63, 3.8) is 0 Å². The summed E-state index contributed by atoms with van der Waals surface area (Å²) in [5.74, 6) is -0.705. The minimum atomic E-state index is -1.06. The molecular formula is C18H21N3O3. The third kappa shape index (κ3) is 3.04. The van der Waals surface area contributed by atoms with Gasteiger partial charge in [0.15, 0.2) is 5.69 Å². The number of nitrogens with zero attached hydrogens (tertiary/aromatic N) is 3. The van der Waals surface area contributed by atoms with E-state index in [1.165, 1.54) is 0 Å². The molecule has 0 saturated carbocycles. The van der Waals surface area contributed by atoms with Gasteiger partial charge in [-0.15, -0.1) is 0 Å². The van der Waals surface area contributed by atoms with Gasteiger partial charge in [-0.05, 0) is 18.1 Å². The molecular weight excluding hydrogens is 306 g/mol. The van der Waals surface area contributed by atoms with Crippen molar-refractivity contribution in [1.82, 2.24) is 14.7 Å². The Balaban J connectivity index is 1.97. The van der Waals surface area contributed by atoms with E-state index in [1.54, 1.807) is 9.58 Å². The van der Waals surface area contributed by atoms with Crippen molar-refractivity contribution >= 4 is 11.9 Å². The van der Waals surface area contributed by atoms with Crippen LogP contribution < -0.4 is 0 Å². The fourth-order valence-electron chi connectivity index (χ4n) is 3.06. The number of para-hydroxylation sites is 1. The van der Waals surface area contributed by atoms with Gasteiger partial charge in [0.2, 0.25) is 5.91 Å². The van der Waals surface area contributed by atoms with E-state index in [0.717, 1.165) is 11.4 Å². The number of hydrogen-bond donors (Lipinski definition) is 1. The Kier molecular flexibility index (Phi) is 4.38. The molecule has 1 aromatic carbocycles. The molecule has 0 aliphatic carbocycles. The first-order valence-electron chi connectivity index (χ1n) is 8.14. The van der Waals surface area contributed by atoms with E-state index in [9.17, 15) is 14.7 Å². The van der Waals surface area contributed by atoms with Crippen LogP contribution in [0, 0.1) is 5.92 Å². The average Bonchev–Trinajstić information content (AvgIpc) is 2.94. The molecule has 1 aliphatic heterocycles. The molecule has 1 aliphatic rings. The molecule has 1 aromatic heterocycles. The molecule has 2 heterocycles. The number of benzene rings is 1. The summed E-state index contributed by atoms with van der Waals surface area (Å²) in [6, 6.07) is 9.49. The summed E-state index contributed by atoms with van der Waals surface area (Å²) >= 11 is 0. The molecule has 6 heteroatoms.